The topological polar surface area (TPSA) is 217 Å². The average molecular weight is 515 g/mol. The van der Waals surface area contributed by atoms with Gasteiger partial charge in [0.05, 0.1) is 18.8 Å². The van der Waals surface area contributed by atoms with Crippen molar-refractivity contribution in [2.45, 2.75) is 63.7 Å². The van der Waals surface area contributed by atoms with Gasteiger partial charge in [0, 0.05) is 18.3 Å². The maximum Gasteiger partial charge on any atom is 0.326 e. The molecule has 0 aliphatic heterocycles. The molecule has 0 radical (unpaired) electrons. The minimum atomic E-state index is -1.57. The van der Waals surface area contributed by atoms with Crippen molar-refractivity contribution in [2.24, 2.45) is 11.7 Å². The number of amides is 3. The first-order chi connectivity index (χ1) is 16.4. The average Bonchev–Trinajstić information content (AvgIpc) is 3.27. The van der Waals surface area contributed by atoms with Crippen LogP contribution in [0.25, 0.3) is 0 Å². The van der Waals surface area contributed by atoms with E-state index in [2.05, 4.69) is 25.9 Å². The van der Waals surface area contributed by atoms with Gasteiger partial charge in [-0.1, -0.05) is 13.8 Å². The SMILES string of the molecule is CSCCC(NC(=O)C(N)CC(C)C)C(=O)NC(CC(=O)O)C(=O)NC(Cc1cnc[nH]1)C(=O)O. The Morgan fingerprint density at radius 1 is 1.03 bits per heavy atom. The Balaban J connectivity index is 2.96. The molecule has 14 heteroatoms. The Labute approximate surface area is 207 Å². The molecule has 3 amide bonds. The molecule has 1 aromatic rings. The zero-order valence-corrected chi connectivity index (χ0v) is 20.8. The number of carboxylic acids is 2. The first-order valence-corrected chi connectivity index (χ1v) is 12.4. The van der Waals surface area contributed by atoms with Crippen LogP contribution in [-0.2, 0) is 30.4 Å². The summed E-state index contributed by atoms with van der Waals surface area (Å²) in [6.45, 7) is 3.80. The molecule has 0 bridgehead atoms. The van der Waals surface area contributed by atoms with E-state index in [9.17, 15) is 34.2 Å². The van der Waals surface area contributed by atoms with Gasteiger partial charge in [-0.15, -0.1) is 0 Å². The molecule has 0 aliphatic rings. The summed E-state index contributed by atoms with van der Waals surface area (Å²) < 4.78 is 0. The highest BCUT2D eigenvalue weighted by Gasteiger charge is 2.31. The number of thioether (sulfide) groups is 1. The van der Waals surface area contributed by atoms with Gasteiger partial charge >= 0.3 is 11.9 Å². The van der Waals surface area contributed by atoms with E-state index in [0.717, 1.165) is 0 Å². The molecule has 196 valence electrons. The lowest BCUT2D eigenvalue weighted by atomic mass is 10.0. The number of rotatable bonds is 16. The number of hydrogen-bond donors (Lipinski definition) is 7. The lowest BCUT2D eigenvalue weighted by Crippen LogP contribution is -2.57. The van der Waals surface area contributed by atoms with E-state index in [1.165, 1.54) is 24.3 Å². The summed E-state index contributed by atoms with van der Waals surface area (Å²) in [6.07, 6.45) is 4.25. The fourth-order valence-corrected chi connectivity index (χ4v) is 3.61. The zero-order valence-electron chi connectivity index (χ0n) is 19.9. The predicted octanol–water partition coefficient (Wildman–Crippen LogP) is -0.908. The number of H-pyrrole nitrogens is 1. The molecule has 8 N–H and O–H groups in total. The van der Waals surface area contributed by atoms with Crippen LogP contribution < -0.4 is 21.7 Å². The minimum Gasteiger partial charge on any atom is -0.481 e. The van der Waals surface area contributed by atoms with Gasteiger partial charge in [-0.2, -0.15) is 11.8 Å². The predicted molar refractivity (Wildman–Crippen MR) is 128 cm³/mol. The number of aromatic nitrogens is 2. The van der Waals surface area contributed by atoms with Gasteiger partial charge < -0.3 is 36.9 Å². The molecule has 35 heavy (non-hydrogen) atoms. The summed E-state index contributed by atoms with van der Waals surface area (Å²) in [7, 11) is 0. The molecule has 1 aromatic heterocycles. The van der Waals surface area contributed by atoms with Crippen molar-refractivity contribution >= 4 is 41.4 Å². The van der Waals surface area contributed by atoms with Gasteiger partial charge in [0.1, 0.15) is 18.1 Å². The van der Waals surface area contributed by atoms with Crippen LogP contribution in [0.2, 0.25) is 0 Å². The van der Waals surface area contributed by atoms with Crippen LogP contribution in [0.3, 0.4) is 0 Å². The van der Waals surface area contributed by atoms with Crippen molar-refractivity contribution in [2.75, 3.05) is 12.0 Å². The molecular weight excluding hydrogens is 480 g/mol. The minimum absolute atomic E-state index is 0.130. The van der Waals surface area contributed by atoms with Crippen molar-refractivity contribution < 1.29 is 34.2 Å². The molecule has 0 saturated heterocycles. The third-order valence-corrected chi connectivity index (χ3v) is 5.55. The van der Waals surface area contributed by atoms with Crippen LogP contribution in [-0.4, -0.2) is 86.0 Å². The van der Waals surface area contributed by atoms with Crippen molar-refractivity contribution in [3.63, 3.8) is 0 Å². The number of hydrogen-bond acceptors (Lipinski definition) is 8. The maximum atomic E-state index is 12.9. The van der Waals surface area contributed by atoms with Crippen LogP contribution in [0.15, 0.2) is 12.5 Å². The van der Waals surface area contributed by atoms with E-state index in [0.29, 0.717) is 17.9 Å². The van der Waals surface area contributed by atoms with E-state index in [4.69, 9.17) is 5.73 Å². The normalized spacial score (nSPS) is 14.4. The second-order valence-corrected chi connectivity index (χ2v) is 9.40. The van der Waals surface area contributed by atoms with Crippen LogP contribution >= 0.6 is 11.8 Å². The van der Waals surface area contributed by atoms with E-state index in [-0.39, 0.29) is 18.8 Å². The lowest BCUT2D eigenvalue weighted by molar-refractivity contribution is -0.143. The quantitative estimate of drug-likeness (QED) is 0.144. The highest BCUT2D eigenvalue weighted by molar-refractivity contribution is 7.98. The number of nitrogens with zero attached hydrogens (tertiary/aromatic N) is 1. The highest BCUT2D eigenvalue weighted by atomic mass is 32.2. The van der Waals surface area contributed by atoms with Gasteiger partial charge in [0.15, 0.2) is 0 Å². The maximum absolute atomic E-state index is 12.9. The Morgan fingerprint density at radius 2 is 1.63 bits per heavy atom. The summed E-state index contributed by atoms with van der Waals surface area (Å²) in [5.74, 6) is -4.37. The molecule has 4 atom stereocenters. The molecule has 0 aromatic carbocycles. The molecule has 13 nitrogen and oxygen atoms in total. The van der Waals surface area contributed by atoms with Crippen molar-refractivity contribution in [1.82, 2.24) is 25.9 Å². The molecule has 4 unspecified atom stereocenters. The van der Waals surface area contributed by atoms with Gasteiger partial charge in [-0.05, 0) is 30.8 Å². The van der Waals surface area contributed by atoms with E-state index in [1.54, 1.807) is 0 Å². The molecular formula is C21H34N6O7S. The number of aromatic amines is 1. The Bertz CT molecular complexity index is 864. The summed E-state index contributed by atoms with van der Waals surface area (Å²) in [5, 5.41) is 25.8. The van der Waals surface area contributed by atoms with Crippen LogP contribution in [0, 0.1) is 5.92 Å². The number of imidazole rings is 1. The largest absolute Gasteiger partial charge is 0.481 e. The summed E-state index contributed by atoms with van der Waals surface area (Å²) in [4.78, 5) is 67.6. The fourth-order valence-electron chi connectivity index (χ4n) is 3.14. The van der Waals surface area contributed by atoms with Crippen LogP contribution in [0.4, 0.5) is 0 Å². The number of aliphatic carboxylic acids is 2. The summed E-state index contributed by atoms with van der Waals surface area (Å²) in [6, 6.07) is -4.85. The van der Waals surface area contributed by atoms with E-state index < -0.39 is 60.2 Å². The molecule has 0 aliphatic carbocycles. The highest BCUT2D eigenvalue weighted by Crippen LogP contribution is 2.07. The monoisotopic (exact) mass is 514 g/mol. The molecule has 0 spiro atoms. The number of carbonyl (C=O) groups excluding carboxylic acids is 3. The fraction of sp³-hybridized carbons (Fsp3) is 0.619. The zero-order chi connectivity index (χ0) is 26.5. The molecule has 0 fully saturated rings. The Hall–Kier alpha value is -3.13. The van der Waals surface area contributed by atoms with Crippen molar-refractivity contribution in [1.29, 1.82) is 0 Å². The number of carboxylic acid groups (broad SMARTS) is 2. The van der Waals surface area contributed by atoms with Gasteiger partial charge in [-0.3, -0.25) is 19.2 Å². The smallest absolute Gasteiger partial charge is 0.326 e. The number of carbonyl (C=O) groups is 5. The van der Waals surface area contributed by atoms with Crippen LogP contribution in [0.1, 0.15) is 38.8 Å². The summed E-state index contributed by atoms with van der Waals surface area (Å²) >= 11 is 1.43. The number of nitrogens with two attached hydrogens (primary N) is 1. The number of nitrogens with one attached hydrogen (secondary N) is 4. The third-order valence-electron chi connectivity index (χ3n) is 4.91. The Kier molecular flexibility index (Phi) is 12.8. The van der Waals surface area contributed by atoms with E-state index >= 15 is 0 Å². The van der Waals surface area contributed by atoms with Gasteiger partial charge in [0.25, 0.3) is 0 Å². The standard InChI is InChI=1S/C21H34N6O7S/c1-11(2)6-13(22)18(30)25-14(4-5-35-3)19(31)26-15(8-17(28)29)20(32)27-16(21(33)34)7-12-9-23-10-24-12/h9-11,13-16H,4-8,22H2,1-3H3,(H,23,24)(H,25,30)(H,26,31)(H,27,32)(H,28,29)(H,33,34). The third kappa shape index (κ3) is 11.2. The Morgan fingerprint density at radius 3 is 2.14 bits per heavy atom. The first kappa shape index (κ1) is 29.9. The molecule has 1 rings (SSSR count). The van der Waals surface area contributed by atoms with Gasteiger partial charge in [-0.25, -0.2) is 9.78 Å². The second-order valence-electron chi connectivity index (χ2n) is 8.42. The van der Waals surface area contributed by atoms with Crippen molar-refractivity contribution in [3.05, 3.63) is 18.2 Å². The van der Waals surface area contributed by atoms with Crippen LogP contribution in [0.5, 0.6) is 0 Å². The molecule has 0 saturated carbocycles. The van der Waals surface area contributed by atoms with E-state index in [1.807, 2.05) is 20.1 Å². The second kappa shape index (κ2) is 15.0. The first-order valence-electron chi connectivity index (χ1n) is 11.0. The van der Waals surface area contributed by atoms with Gasteiger partial charge in [0.2, 0.25) is 17.7 Å². The van der Waals surface area contributed by atoms with Crippen molar-refractivity contribution in [3.8, 4) is 0 Å². The lowest BCUT2D eigenvalue weighted by Gasteiger charge is -2.24. The molecule has 1 heterocycles. The summed E-state index contributed by atoms with van der Waals surface area (Å²) in [5.41, 5.74) is 6.33.